The molecular formula is C17H18N2O2S. The number of rotatable bonds is 3. The first-order valence-electron chi connectivity index (χ1n) is 6.84. The van der Waals surface area contributed by atoms with Gasteiger partial charge >= 0.3 is 11.8 Å². The summed E-state index contributed by atoms with van der Waals surface area (Å²) in [6.07, 6.45) is 1.95. The van der Waals surface area contributed by atoms with Crippen molar-refractivity contribution in [1.29, 1.82) is 0 Å². The fraction of sp³-hybridized carbons (Fsp3) is 0.176. The zero-order valence-corrected chi connectivity index (χ0v) is 13.6. The second-order valence-electron chi connectivity index (χ2n) is 4.89. The first kappa shape index (κ1) is 16.1. The van der Waals surface area contributed by atoms with Gasteiger partial charge in [-0.05, 0) is 55.5 Å². The largest absolute Gasteiger partial charge is 0.318 e. The molecular weight excluding hydrogens is 296 g/mol. The Morgan fingerprint density at radius 2 is 1.64 bits per heavy atom. The van der Waals surface area contributed by atoms with Gasteiger partial charge in [0, 0.05) is 16.3 Å². The maximum absolute atomic E-state index is 12.0. The average Bonchev–Trinajstić information content (AvgIpc) is 2.52. The lowest BCUT2D eigenvalue weighted by atomic mass is 10.1. The van der Waals surface area contributed by atoms with Gasteiger partial charge in [-0.1, -0.05) is 18.2 Å². The van der Waals surface area contributed by atoms with Gasteiger partial charge in [-0.3, -0.25) is 9.59 Å². The maximum atomic E-state index is 12.0. The molecule has 2 N–H and O–H groups in total. The van der Waals surface area contributed by atoms with E-state index in [0.29, 0.717) is 11.4 Å². The second kappa shape index (κ2) is 7.13. The Labute approximate surface area is 134 Å². The lowest BCUT2D eigenvalue weighted by Gasteiger charge is -2.10. The van der Waals surface area contributed by atoms with E-state index < -0.39 is 11.8 Å². The molecule has 2 aromatic rings. The van der Waals surface area contributed by atoms with E-state index in [0.717, 1.165) is 16.0 Å². The van der Waals surface area contributed by atoms with E-state index in [4.69, 9.17) is 0 Å². The normalized spacial score (nSPS) is 10.1. The van der Waals surface area contributed by atoms with Crippen LogP contribution in [0.4, 0.5) is 11.4 Å². The molecule has 2 rings (SSSR count). The summed E-state index contributed by atoms with van der Waals surface area (Å²) in [4.78, 5) is 25.0. The van der Waals surface area contributed by atoms with Crippen LogP contribution in [-0.4, -0.2) is 18.1 Å². The van der Waals surface area contributed by atoms with Crippen molar-refractivity contribution in [2.75, 3.05) is 16.9 Å². The number of carbonyl (C=O) groups excluding carboxylic acids is 2. The lowest BCUT2D eigenvalue weighted by molar-refractivity contribution is -0.133. The van der Waals surface area contributed by atoms with E-state index >= 15 is 0 Å². The molecule has 0 aliphatic rings. The molecule has 2 aromatic carbocycles. The zero-order valence-electron chi connectivity index (χ0n) is 12.8. The molecule has 0 heterocycles. The number of hydrogen-bond donors (Lipinski definition) is 2. The Morgan fingerprint density at radius 3 is 2.36 bits per heavy atom. The summed E-state index contributed by atoms with van der Waals surface area (Å²) in [7, 11) is 0. The summed E-state index contributed by atoms with van der Waals surface area (Å²) in [5.74, 6) is -1.36. The smallest absolute Gasteiger partial charge is 0.314 e. The van der Waals surface area contributed by atoms with Crippen molar-refractivity contribution in [2.24, 2.45) is 0 Å². The molecule has 114 valence electrons. The van der Waals surface area contributed by atoms with E-state index in [1.165, 1.54) is 0 Å². The lowest BCUT2D eigenvalue weighted by Crippen LogP contribution is -2.29. The third kappa shape index (κ3) is 3.89. The molecule has 0 aliphatic carbocycles. The highest BCUT2D eigenvalue weighted by atomic mass is 32.2. The fourth-order valence-electron chi connectivity index (χ4n) is 1.95. The van der Waals surface area contributed by atoms with Crippen LogP contribution in [-0.2, 0) is 9.59 Å². The second-order valence-corrected chi connectivity index (χ2v) is 5.77. The predicted octanol–water partition coefficient (Wildman–Crippen LogP) is 3.60. The number of amides is 2. The average molecular weight is 314 g/mol. The Bertz CT molecular complexity index is 714. The van der Waals surface area contributed by atoms with E-state index in [-0.39, 0.29) is 0 Å². The van der Waals surface area contributed by atoms with Crippen LogP contribution in [0.25, 0.3) is 0 Å². The van der Waals surface area contributed by atoms with E-state index in [1.807, 2.05) is 50.4 Å². The van der Waals surface area contributed by atoms with Crippen LogP contribution in [0.1, 0.15) is 11.1 Å². The Kier molecular flexibility index (Phi) is 5.22. The number of thioether (sulfide) groups is 1. The van der Waals surface area contributed by atoms with Gasteiger partial charge in [-0.15, -0.1) is 11.8 Å². The van der Waals surface area contributed by atoms with Crippen molar-refractivity contribution >= 4 is 35.0 Å². The van der Waals surface area contributed by atoms with E-state index in [9.17, 15) is 9.59 Å². The highest BCUT2D eigenvalue weighted by Crippen LogP contribution is 2.20. The van der Waals surface area contributed by atoms with Crippen molar-refractivity contribution in [1.82, 2.24) is 0 Å². The quantitative estimate of drug-likeness (QED) is 0.672. The third-order valence-corrected chi connectivity index (χ3v) is 4.11. The first-order valence-corrected chi connectivity index (χ1v) is 8.06. The Hall–Kier alpha value is -2.27. The minimum Gasteiger partial charge on any atom is -0.318 e. The van der Waals surface area contributed by atoms with Gasteiger partial charge in [-0.25, -0.2) is 0 Å². The summed E-state index contributed by atoms with van der Waals surface area (Å²) in [5.41, 5.74) is 3.27. The molecule has 0 radical (unpaired) electrons. The van der Waals surface area contributed by atoms with Crippen LogP contribution in [0.3, 0.4) is 0 Å². The number of benzene rings is 2. The fourth-order valence-corrected chi connectivity index (χ4v) is 2.41. The highest BCUT2D eigenvalue weighted by molar-refractivity contribution is 7.98. The molecule has 0 unspecified atom stereocenters. The SMILES string of the molecule is CSc1cccc(NC(=O)C(=O)Nc2cccc(C)c2C)c1. The van der Waals surface area contributed by atoms with Gasteiger partial charge in [-0.2, -0.15) is 0 Å². The summed E-state index contributed by atoms with van der Waals surface area (Å²) in [6.45, 7) is 3.86. The first-order chi connectivity index (χ1) is 10.5. The topological polar surface area (TPSA) is 58.2 Å². The molecule has 2 amide bonds. The van der Waals surface area contributed by atoms with Gasteiger partial charge in [0.25, 0.3) is 0 Å². The Balaban J connectivity index is 2.06. The van der Waals surface area contributed by atoms with E-state index in [2.05, 4.69) is 10.6 Å². The molecule has 5 heteroatoms. The molecule has 0 aromatic heterocycles. The van der Waals surface area contributed by atoms with Gasteiger partial charge in [0.1, 0.15) is 0 Å². The number of aryl methyl sites for hydroxylation is 1. The zero-order chi connectivity index (χ0) is 16.1. The summed E-state index contributed by atoms with van der Waals surface area (Å²) < 4.78 is 0. The minimum absolute atomic E-state index is 0.605. The monoisotopic (exact) mass is 314 g/mol. The van der Waals surface area contributed by atoms with Crippen LogP contribution in [0.2, 0.25) is 0 Å². The third-order valence-electron chi connectivity index (χ3n) is 3.39. The molecule has 0 spiro atoms. The van der Waals surface area contributed by atoms with Crippen LogP contribution in [0, 0.1) is 13.8 Å². The van der Waals surface area contributed by atoms with Gasteiger partial charge in [0.15, 0.2) is 0 Å². The van der Waals surface area contributed by atoms with Gasteiger partial charge < -0.3 is 10.6 Å². The Morgan fingerprint density at radius 1 is 0.955 bits per heavy atom. The van der Waals surface area contributed by atoms with Crippen LogP contribution in [0.5, 0.6) is 0 Å². The maximum Gasteiger partial charge on any atom is 0.314 e. The molecule has 0 saturated heterocycles. The van der Waals surface area contributed by atoms with Crippen LogP contribution in [0.15, 0.2) is 47.4 Å². The van der Waals surface area contributed by atoms with Crippen molar-refractivity contribution in [2.45, 2.75) is 18.7 Å². The molecule has 0 bridgehead atoms. The minimum atomic E-state index is -0.681. The van der Waals surface area contributed by atoms with Crippen LogP contribution >= 0.6 is 11.8 Å². The van der Waals surface area contributed by atoms with Gasteiger partial charge in [0.2, 0.25) is 0 Å². The summed E-state index contributed by atoms with van der Waals surface area (Å²) in [6, 6.07) is 12.9. The van der Waals surface area contributed by atoms with Crippen LogP contribution < -0.4 is 10.6 Å². The number of hydrogen-bond acceptors (Lipinski definition) is 3. The standard InChI is InChI=1S/C17H18N2O2S/c1-11-6-4-9-15(12(11)2)19-17(21)16(20)18-13-7-5-8-14(10-13)22-3/h4-10H,1-3H3,(H,18,20)(H,19,21). The number of anilines is 2. The molecule has 0 fully saturated rings. The highest BCUT2D eigenvalue weighted by Gasteiger charge is 2.15. The molecule has 4 nitrogen and oxygen atoms in total. The van der Waals surface area contributed by atoms with Crippen molar-refractivity contribution in [3.05, 3.63) is 53.6 Å². The van der Waals surface area contributed by atoms with Crippen molar-refractivity contribution < 1.29 is 9.59 Å². The summed E-state index contributed by atoms with van der Waals surface area (Å²) in [5, 5.41) is 5.25. The molecule has 0 aliphatic heterocycles. The number of nitrogens with one attached hydrogen (secondary N) is 2. The van der Waals surface area contributed by atoms with Crippen molar-refractivity contribution in [3.63, 3.8) is 0 Å². The number of carbonyl (C=O) groups is 2. The molecule has 22 heavy (non-hydrogen) atoms. The van der Waals surface area contributed by atoms with E-state index in [1.54, 1.807) is 23.9 Å². The molecule has 0 atom stereocenters. The predicted molar refractivity (Wildman–Crippen MR) is 91.4 cm³/mol. The summed E-state index contributed by atoms with van der Waals surface area (Å²) >= 11 is 1.57. The van der Waals surface area contributed by atoms with Crippen molar-refractivity contribution in [3.8, 4) is 0 Å². The van der Waals surface area contributed by atoms with Gasteiger partial charge in [0.05, 0.1) is 0 Å². The molecule has 0 saturated carbocycles.